The molecule has 0 N–H and O–H groups in total. The van der Waals surface area contributed by atoms with Crippen LogP contribution in [0.15, 0.2) is 17.8 Å². The van der Waals surface area contributed by atoms with Gasteiger partial charge in [0.05, 0.1) is 44.1 Å². The van der Waals surface area contributed by atoms with Gasteiger partial charge >= 0.3 is 47.8 Å². The summed E-state index contributed by atoms with van der Waals surface area (Å²) in [7, 11) is 0. The van der Waals surface area contributed by atoms with E-state index in [-0.39, 0.29) is 12.2 Å². The average Bonchev–Trinajstić information content (AvgIpc) is 2.61. The minimum absolute atomic E-state index is 0.0813. The molecule has 0 bridgehead atoms. The van der Waals surface area contributed by atoms with E-state index in [9.17, 15) is 43.2 Å². The molecule has 19 atom stereocenters. The van der Waals surface area contributed by atoms with Gasteiger partial charge in [-0.25, -0.2) is 4.68 Å². The maximum absolute atomic E-state index is 14.2. The zero-order chi connectivity index (χ0) is 60.9. The molecular weight excluding hydrogens is 1090 g/mol. The fourth-order valence-electron chi connectivity index (χ4n) is 10.6. The predicted molar refractivity (Wildman–Crippen MR) is 275 cm³/mol. The van der Waals surface area contributed by atoms with Gasteiger partial charge in [-0.1, -0.05) is 39.0 Å². The molecule has 1 aromatic heterocycles. The van der Waals surface area contributed by atoms with E-state index in [2.05, 4.69) is 10.3 Å². The van der Waals surface area contributed by atoms with E-state index < -0.39 is 189 Å². The molecule has 1 aliphatic carbocycles. The van der Waals surface area contributed by atoms with Gasteiger partial charge in [-0.15, -0.1) is 5.10 Å². The van der Waals surface area contributed by atoms with Crippen molar-refractivity contribution in [3.8, 4) is 0 Å². The standard InChI is InChI=1S/C54H80N4O24/c1-16-68-18-17-57-20-40(55-56-57)22-72-52-27(4)47(76-36(13)65)50(42(79-52)23-70-32(9)61)82-54-28(5)48(77-37(14)66)51(43(80-54)24-71-33(10)62)81-53-26(3)45(74-34(11)63)44(29(6)73-53)58(30(7)59)41-19-39(21-69-31(8)60)49(78-38(15)67)46(25(41)2)75-35(12)64/h19-20,25-29,41-54H,16-18,21-24H2,1-15H3/t25-,26+,27+,28+,29+,41-,42+,43+,44+,45+,46+,47+,48+,49+,50+,51+,52+,53+,54+/m0/s1. The minimum Gasteiger partial charge on any atom is -0.463 e. The number of aromatic nitrogens is 3. The zero-order valence-corrected chi connectivity index (χ0v) is 49.2. The van der Waals surface area contributed by atoms with Crippen molar-refractivity contribution in [2.45, 2.75) is 209 Å². The first-order valence-corrected chi connectivity index (χ1v) is 27.2. The first-order chi connectivity index (χ1) is 38.6. The monoisotopic (exact) mass is 1170 g/mol. The first-order valence-electron chi connectivity index (χ1n) is 27.2. The number of hydrogen-bond acceptors (Lipinski definition) is 26. The van der Waals surface area contributed by atoms with Crippen LogP contribution in [0.1, 0.15) is 110 Å². The Labute approximate surface area is 475 Å². The summed E-state index contributed by atoms with van der Waals surface area (Å²) in [4.78, 5) is 117. The molecule has 4 heterocycles. The highest BCUT2D eigenvalue weighted by atomic mass is 16.8. The van der Waals surface area contributed by atoms with Crippen molar-refractivity contribution < 1.29 is 114 Å². The van der Waals surface area contributed by atoms with E-state index in [1.54, 1.807) is 51.6 Å². The van der Waals surface area contributed by atoms with Crippen LogP contribution in [0.2, 0.25) is 0 Å². The van der Waals surface area contributed by atoms with Crippen LogP contribution in [0.3, 0.4) is 0 Å². The highest BCUT2D eigenvalue weighted by molar-refractivity contribution is 5.75. The van der Waals surface area contributed by atoms with Crippen LogP contribution in [0.5, 0.6) is 0 Å². The van der Waals surface area contributed by atoms with Gasteiger partial charge < -0.3 is 76.0 Å². The van der Waals surface area contributed by atoms with Crippen LogP contribution in [0.4, 0.5) is 0 Å². The highest BCUT2D eigenvalue weighted by Gasteiger charge is 2.57. The molecule has 0 spiro atoms. The van der Waals surface area contributed by atoms with Crippen LogP contribution in [-0.2, 0) is 127 Å². The van der Waals surface area contributed by atoms with Gasteiger partial charge in [-0.2, -0.15) is 0 Å². The van der Waals surface area contributed by atoms with Gasteiger partial charge in [0.2, 0.25) is 5.91 Å². The SMILES string of the molecule is CCOCCn1cc(CO[C@@H]2O[C@H](COC(C)=O)[C@@H](O[C@H]3O[C@H](COC(C)=O)[C@@H](O[C@H]4O[C@H](C)[C@@H](N(C(C)=O)[C@H]5C=C(COC(C)=O)[C@@H](OC(C)=O)[C@H](OC(C)=O)[C@H]5C)[C@H](OC(C)=O)[C@H]4C)[C@H](OC(C)=O)[C@H]3C)[C@H](OC(C)=O)[C@H]2C)nn1. The number of carbonyl (C=O) groups excluding carboxylic acids is 9. The van der Waals surface area contributed by atoms with E-state index in [0.717, 1.165) is 20.8 Å². The Morgan fingerprint density at radius 1 is 0.549 bits per heavy atom. The van der Waals surface area contributed by atoms with E-state index >= 15 is 0 Å². The molecule has 1 amide bonds. The van der Waals surface area contributed by atoms with Crippen LogP contribution >= 0.6 is 0 Å². The Morgan fingerprint density at radius 2 is 1.02 bits per heavy atom. The van der Waals surface area contributed by atoms with Crippen molar-refractivity contribution in [2.24, 2.45) is 23.7 Å². The first kappa shape index (κ1) is 66.6. The Bertz CT molecular complexity index is 2430. The summed E-state index contributed by atoms with van der Waals surface area (Å²) in [6.07, 6.45) is -12.9. The van der Waals surface area contributed by atoms with E-state index in [1.165, 1.54) is 46.4 Å². The molecule has 460 valence electrons. The lowest BCUT2D eigenvalue weighted by Crippen LogP contribution is -2.67. The molecule has 3 fully saturated rings. The molecule has 3 saturated heterocycles. The lowest BCUT2D eigenvalue weighted by Gasteiger charge is -2.53. The number of esters is 8. The molecule has 0 saturated carbocycles. The fraction of sp³-hybridized carbons (Fsp3) is 0.759. The molecule has 3 aliphatic heterocycles. The number of ether oxygens (including phenoxy) is 15. The summed E-state index contributed by atoms with van der Waals surface area (Å²) in [6, 6.07) is -2.11. The second-order valence-electron chi connectivity index (χ2n) is 20.8. The third-order valence-corrected chi connectivity index (χ3v) is 14.2. The van der Waals surface area contributed by atoms with Crippen LogP contribution < -0.4 is 0 Å². The quantitative estimate of drug-likeness (QED) is 0.0620. The Balaban J connectivity index is 1.50. The van der Waals surface area contributed by atoms with Gasteiger partial charge in [0.1, 0.15) is 74.3 Å². The molecule has 28 heteroatoms. The summed E-state index contributed by atoms with van der Waals surface area (Å²) in [5.74, 6) is -9.80. The number of amides is 1. The number of carbonyl (C=O) groups is 9. The molecule has 0 aromatic carbocycles. The molecule has 0 unspecified atom stereocenters. The fourth-order valence-corrected chi connectivity index (χ4v) is 10.6. The summed E-state index contributed by atoms with van der Waals surface area (Å²) in [5.41, 5.74) is 0.655. The van der Waals surface area contributed by atoms with Crippen LogP contribution in [0.25, 0.3) is 0 Å². The second kappa shape index (κ2) is 30.4. The third kappa shape index (κ3) is 17.9. The highest BCUT2D eigenvalue weighted by Crippen LogP contribution is 2.42. The minimum atomic E-state index is -1.40. The molecule has 5 rings (SSSR count). The van der Waals surface area contributed by atoms with Gasteiger partial charge in [-0.05, 0) is 13.8 Å². The van der Waals surface area contributed by atoms with Gasteiger partial charge in [-0.3, -0.25) is 43.2 Å². The lowest BCUT2D eigenvalue weighted by atomic mass is 9.79. The maximum Gasteiger partial charge on any atom is 0.303 e. The van der Waals surface area contributed by atoms with Crippen molar-refractivity contribution in [3.63, 3.8) is 0 Å². The second-order valence-corrected chi connectivity index (χ2v) is 20.8. The van der Waals surface area contributed by atoms with E-state index in [4.69, 9.17) is 71.1 Å². The largest absolute Gasteiger partial charge is 0.463 e. The van der Waals surface area contributed by atoms with Crippen molar-refractivity contribution in [1.29, 1.82) is 0 Å². The van der Waals surface area contributed by atoms with Crippen LogP contribution in [0, 0.1) is 23.7 Å². The third-order valence-electron chi connectivity index (χ3n) is 14.2. The van der Waals surface area contributed by atoms with E-state index in [1.807, 2.05) is 6.92 Å². The summed E-state index contributed by atoms with van der Waals surface area (Å²) in [5, 5.41) is 8.28. The maximum atomic E-state index is 14.2. The molecular formula is C54H80N4O24. The van der Waals surface area contributed by atoms with Crippen molar-refractivity contribution in [3.05, 3.63) is 23.5 Å². The summed E-state index contributed by atoms with van der Waals surface area (Å²) < 4.78 is 92.1. The van der Waals surface area contributed by atoms with Gasteiger partial charge in [0.25, 0.3) is 0 Å². The molecule has 4 aliphatic rings. The Morgan fingerprint density at radius 3 is 1.52 bits per heavy atom. The normalized spacial score (nSPS) is 32.6. The molecule has 82 heavy (non-hydrogen) atoms. The van der Waals surface area contributed by atoms with Gasteiger partial charge in [0, 0.05) is 98.2 Å². The van der Waals surface area contributed by atoms with Crippen molar-refractivity contribution in [1.82, 2.24) is 19.9 Å². The predicted octanol–water partition coefficient (Wildman–Crippen LogP) is 2.21. The lowest BCUT2D eigenvalue weighted by molar-refractivity contribution is -0.364. The summed E-state index contributed by atoms with van der Waals surface area (Å²) in [6.45, 7) is 20.8. The number of rotatable bonds is 24. The Kier molecular flexibility index (Phi) is 24.7. The Hall–Kier alpha value is -6.17. The van der Waals surface area contributed by atoms with E-state index in [0.29, 0.717) is 25.5 Å². The molecule has 28 nitrogen and oxygen atoms in total. The smallest absolute Gasteiger partial charge is 0.303 e. The molecule has 1 aromatic rings. The zero-order valence-electron chi connectivity index (χ0n) is 49.2. The van der Waals surface area contributed by atoms with Crippen molar-refractivity contribution in [2.75, 3.05) is 33.0 Å². The van der Waals surface area contributed by atoms with Crippen molar-refractivity contribution >= 4 is 53.7 Å². The molecule has 0 radical (unpaired) electrons. The van der Waals surface area contributed by atoms with Gasteiger partial charge in [0.15, 0.2) is 25.0 Å². The number of hydrogen-bond donors (Lipinski definition) is 0. The van der Waals surface area contributed by atoms with Crippen LogP contribution in [-0.4, -0.2) is 199 Å². The average molecular weight is 1170 g/mol. The number of nitrogens with zero attached hydrogens (tertiary/aromatic N) is 4. The summed E-state index contributed by atoms with van der Waals surface area (Å²) >= 11 is 0. The topological polar surface area (TPSA) is 326 Å².